The minimum atomic E-state index is -3.51. The van der Waals surface area contributed by atoms with Crippen molar-refractivity contribution in [2.24, 2.45) is 0 Å². The van der Waals surface area contributed by atoms with Crippen molar-refractivity contribution in [3.8, 4) is 0 Å². The normalized spacial score (nSPS) is 25.0. The molecule has 0 N–H and O–H groups in total. The number of aryl methyl sites for hydroxylation is 1. The summed E-state index contributed by atoms with van der Waals surface area (Å²) in [4.78, 5) is 18.8. The van der Waals surface area contributed by atoms with Crippen molar-refractivity contribution >= 4 is 21.6 Å². The number of benzene rings is 1. The highest BCUT2D eigenvalue weighted by atomic mass is 32.2. The molecule has 2 saturated heterocycles. The number of fused-ring (bicyclic) bond motifs is 1. The van der Waals surface area contributed by atoms with Crippen LogP contribution >= 0.6 is 0 Å². The molecule has 7 nitrogen and oxygen atoms in total. The molecule has 1 unspecified atom stereocenters. The lowest BCUT2D eigenvalue weighted by molar-refractivity contribution is -0.116. The maximum absolute atomic E-state index is 13.2. The molecule has 29 heavy (non-hydrogen) atoms. The zero-order valence-electron chi connectivity index (χ0n) is 17.5. The number of hydrogen-bond acceptors (Lipinski definition) is 5. The summed E-state index contributed by atoms with van der Waals surface area (Å²) >= 11 is 0. The summed E-state index contributed by atoms with van der Waals surface area (Å²) < 4.78 is 28.1. The van der Waals surface area contributed by atoms with Crippen LogP contribution in [-0.4, -0.2) is 87.3 Å². The van der Waals surface area contributed by atoms with E-state index in [9.17, 15) is 13.2 Å². The van der Waals surface area contributed by atoms with Crippen LogP contribution in [0.5, 0.6) is 0 Å². The van der Waals surface area contributed by atoms with Crippen LogP contribution in [0, 0.1) is 0 Å². The lowest BCUT2D eigenvalue weighted by atomic mass is 10.0. The van der Waals surface area contributed by atoms with E-state index < -0.39 is 10.0 Å². The zero-order chi connectivity index (χ0) is 20.6. The highest BCUT2D eigenvalue weighted by Gasteiger charge is 2.33. The molecule has 1 aromatic carbocycles. The van der Waals surface area contributed by atoms with E-state index in [4.69, 9.17) is 0 Å². The minimum absolute atomic E-state index is 0.00559. The summed E-state index contributed by atoms with van der Waals surface area (Å²) in [5, 5.41) is 0. The molecule has 0 saturated carbocycles. The lowest BCUT2D eigenvalue weighted by Gasteiger charge is -2.42. The Kier molecular flexibility index (Phi) is 5.97. The third kappa shape index (κ3) is 4.21. The maximum Gasteiger partial charge on any atom is 0.243 e. The monoisotopic (exact) mass is 420 g/mol. The quantitative estimate of drug-likeness (QED) is 0.739. The van der Waals surface area contributed by atoms with Gasteiger partial charge in [0, 0.05) is 57.9 Å². The van der Waals surface area contributed by atoms with Gasteiger partial charge in [-0.1, -0.05) is 0 Å². The third-order valence-electron chi connectivity index (χ3n) is 6.58. The van der Waals surface area contributed by atoms with Crippen LogP contribution in [-0.2, 0) is 21.2 Å². The van der Waals surface area contributed by atoms with Crippen molar-refractivity contribution in [1.82, 2.24) is 14.1 Å². The molecule has 160 valence electrons. The molecular weight excluding hydrogens is 388 g/mol. The first-order valence-corrected chi connectivity index (χ1v) is 12.1. The number of sulfonamides is 1. The molecule has 1 amide bonds. The van der Waals surface area contributed by atoms with Crippen LogP contribution in [0.1, 0.15) is 31.7 Å². The number of likely N-dealkylation sites (N-methyl/N-ethyl adjacent to an activating group) is 1. The van der Waals surface area contributed by atoms with Crippen LogP contribution < -0.4 is 4.90 Å². The number of piperazine rings is 1. The molecule has 2 fully saturated rings. The van der Waals surface area contributed by atoms with E-state index in [0.717, 1.165) is 50.3 Å². The van der Waals surface area contributed by atoms with Gasteiger partial charge < -0.3 is 9.80 Å². The number of amides is 1. The number of nitrogens with zero attached hydrogens (tertiary/aromatic N) is 4. The van der Waals surface area contributed by atoms with Crippen LogP contribution in [0.3, 0.4) is 0 Å². The van der Waals surface area contributed by atoms with Crippen molar-refractivity contribution in [2.75, 3.05) is 57.8 Å². The van der Waals surface area contributed by atoms with Crippen LogP contribution in [0.25, 0.3) is 0 Å². The van der Waals surface area contributed by atoms with Gasteiger partial charge in [-0.2, -0.15) is 4.31 Å². The minimum Gasteiger partial charge on any atom is -0.312 e. The van der Waals surface area contributed by atoms with Crippen LogP contribution in [0.2, 0.25) is 0 Å². The first kappa shape index (κ1) is 20.8. The van der Waals surface area contributed by atoms with E-state index >= 15 is 0 Å². The van der Waals surface area contributed by atoms with Gasteiger partial charge in [-0.05, 0) is 63.0 Å². The molecule has 3 heterocycles. The molecule has 8 heteroatoms. The molecular formula is C21H32N4O3S. The van der Waals surface area contributed by atoms with Crippen LogP contribution in [0.15, 0.2) is 23.1 Å². The Morgan fingerprint density at radius 1 is 1.03 bits per heavy atom. The molecule has 1 atom stereocenters. The smallest absolute Gasteiger partial charge is 0.243 e. The average Bonchev–Trinajstić information content (AvgIpc) is 2.73. The van der Waals surface area contributed by atoms with Crippen molar-refractivity contribution in [1.29, 1.82) is 0 Å². The Morgan fingerprint density at radius 2 is 1.79 bits per heavy atom. The van der Waals surface area contributed by atoms with Crippen molar-refractivity contribution in [3.63, 3.8) is 0 Å². The summed E-state index contributed by atoms with van der Waals surface area (Å²) in [5.74, 6) is 0.00559. The van der Waals surface area contributed by atoms with Crippen LogP contribution in [0.4, 0.5) is 5.69 Å². The fourth-order valence-corrected chi connectivity index (χ4v) is 6.43. The molecule has 3 aliphatic heterocycles. The number of anilines is 1. The van der Waals surface area contributed by atoms with Gasteiger partial charge in [0.25, 0.3) is 0 Å². The number of carbonyl (C=O) groups is 1. The fourth-order valence-electron chi connectivity index (χ4n) is 4.96. The van der Waals surface area contributed by atoms with Gasteiger partial charge in [-0.3, -0.25) is 9.69 Å². The summed E-state index contributed by atoms with van der Waals surface area (Å²) in [5.41, 5.74) is 1.81. The third-order valence-corrected chi connectivity index (χ3v) is 8.47. The van der Waals surface area contributed by atoms with E-state index in [1.54, 1.807) is 34.3 Å². The number of carbonyl (C=O) groups excluding carboxylic acids is 1. The second kappa shape index (κ2) is 8.34. The predicted molar refractivity (Wildman–Crippen MR) is 114 cm³/mol. The predicted octanol–water partition coefficient (Wildman–Crippen LogP) is 1.39. The van der Waals surface area contributed by atoms with E-state index in [1.165, 1.54) is 12.8 Å². The summed E-state index contributed by atoms with van der Waals surface area (Å²) in [7, 11) is -1.34. The van der Waals surface area contributed by atoms with Gasteiger partial charge in [0.2, 0.25) is 15.9 Å². The molecule has 0 spiro atoms. The number of likely N-dealkylation sites (tertiary alicyclic amines) is 1. The zero-order valence-corrected chi connectivity index (χ0v) is 18.3. The Hall–Kier alpha value is -1.48. The highest BCUT2D eigenvalue weighted by molar-refractivity contribution is 7.89. The molecule has 3 aliphatic rings. The fraction of sp³-hybridized carbons (Fsp3) is 0.667. The highest BCUT2D eigenvalue weighted by Crippen LogP contribution is 2.31. The van der Waals surface area contributed by atoms with Gasteiger partial charge in [-0.25, -0.2) is 8.42 Å². The lowest BCUT2D eigenvalue weighted by Crippen LogP contribution is -2.55. The van der Waals surface area contributed by atoms with Gasteiger partial charge in [0.15, 0.2) is 0 Å². The van der Waals surface area contributed by atoms with E-state index in [0.29, 0.717) is 30.6 Å². The number of rotatable bonds is 3. The summed E-state index contributed by atoms with van der Waals surface area (Å²) in [6, 6.07) is 5.79. The Labute approximate surface area is 174 Å². The van der Waals surface area contributed by atoms with Gasteiger partial charge in [0.05, 0.1) is 4.90 Å². The van der Waals surface area contributed by atoms with Crippen molar-refractivity contribution in [2.45, 2.75) is 43.5 Å². The first-order chi connectivity index (χ1) is 13.9. The maximum atomic E-state index is 13.2. The largest absolute Gasteiger partial charge is 0.312 e. The topological polar surface area (TPSA) is 64.2 Å². The Balaban J connectivity index is 1.46. The molecule has 0 aliphatic carbocycles. The molecule has 0 radical (unpaired) electrons. The summed E-state index contributed by atoms with van der Waals surface area (Å²) in [6.45, 7) is 7.16. The molecule has 1 aromatic rings. The van der Waals surface area contributed by atoms with Gasteiger partial charge in [-0.15, -0.1) is 0 Å². The average molecular weight is 421 g/mol. The second-order valence-corrected chi connectivity index (χ2v) is 10.5. The number of piperidine rings is 1. The van der Waals surface area contributed by atoms with E-state index in [-0.39, 0.29) is 5.91 Å². The van der Waals surface area contributed by atoms with Crippen molar-refractivity contribution in [3.05, 3.63) is 23.8 Å². The van der Waals surface area contributed by atoms with Gasteiger partial charge in [0.1, 0.15) is 0 Å². The first-order valence-electron chi connectivity index (χ1n) is 10.7. The SMILES string of the molecule is CC(=O)N1CCCc2cc(S(=O)(=O)N3CCN(C4CCCN(C)C4)CC3)ccc21. The van der Waals surface area contributed by atoms with Crippen molar-refractivity contribution < 1.29 is 13.2 Å². The molecule has 0 bridgehead atoms. The second-order valence-electron chi connectivity index (χ2n) is 8.56. The van der Waals surface area contributed by atoms with E-state index in [1.807, 2.05) is 0 Å². The number of hydrogen-bond donors (Lipinski definition) is 0. The van der Waals surface area contributed by atoms with E-state index in [2.05, 4.69) is 16.8 Å². The Bertz CT molecular complexity index is 865. The Morgan fingerprint density at radius 3 is 2.48 bits per heavy atom. The summed E-state index contributed by atoms with van der Waals surface area (Å²) in [6.07, 6.45) is 4.09. The molecule has 0 aromatic heterocycles. The molecule has 4 rings (SSSR count). The van der Waals surface area contributed by atoms with Gasteiger partial charge >= 0.3 is 0 Å². The standard InChI is InChI=1S/C21H32N4O3S/c1-17(26)25-10-3-5-18-15-20(7-8-21(18)25)29(27,28)24-13-11-23(12-14-24)19-6-4-9-22(2)16-19/h7-8,15,19H,3-6,9-14,16H2,1-2H3.